The lowest BCUT2D eigenvalue weighted by molar-refractivity contribution is 0.104. The Morgan fingerprint density at radius 2 is 1.61 bits per heavy atom. The van der Waals surface area contributed by atoms with Crippen LogP contribution in [0.1, 0.15) is 59.7 Å². The minimum absolute atomic E-state index is 0.0142. The number of rotatable bonds is 5. The van der Waals surface area contributed by atoms with Crippen LogP contribution in [0.2, 0.25) is 5.02 Å². The Kier molecular flexibility index (Phi) is 5.78. The van der Waals surface area contributed by atoms with Gasteiger partial charge in [-0.3, -0.25) is 4.79 Å². The number of hydrogen-bond acceptors (Lipinski definition) is 2. The molecule has 1 fully saturated rings. The number of furan rings is 1. The molecule has 142 valence electrons. The fourth-order valence-corrected chi connectivity index (χ4v) is 3.95. The van der Waals surface area contributed by atoms with E-state index in [-0.39, 0.29) is 5.78 Å². The molecule has 0 N–H and O–H groups in total. The molecule has 0 bridgehead atoms. The first kappa shape index (κ1) is 18.8. The van der Waals surface area contributed by atoms with Crippen LogP contribution in [0.3, 0.4) is 0 Å². The van der Waals surface area contributed by atoms with Crippen molar-refractivity contribution in [1.29, 1.82) is 0 Å². The van der Waals surface area contributed by atoms with E-state index in [4.69, 9.17) is 16.0 Å². The lowest BCUT2D eigenvalue weighted by Crippen LogP contribution is -2.04. The summed E-state index contributed by atoms with van der Waals surface area (Å²) in [5, 5.41) is 0.690. The van der Waals surface area contributed by atoms with Gasteiger partial charge in [-0.1, -0.05) is 55.1 Å². The van der Waals surface area contributed by atoms with Gasteiger partial charge in [0.05, 0.1) is 0 Å². The molecule has 3 heteroatoms. The van der Waals surface area contributed by atoms with Gasteiger partial charge in [0.2, 0.25) is 0 Å². The Morgan fingerprint density at radius 3 is 2.32 bits per heavy atom. The highest BCUT2D eigenvalue weighted by Crippen LogP contribution is 2.32. The van der Waals surface area contributed by atoms with Crippen molar-refractivity contribution in [1.82, 2.24) is 0 Å². The van der Waals surface area contributed by atoms with Crippen molar-refractivity contribution in [3.63, 3.8) is 0 Å². The Hall–Kier alpha value is -2.58. The first-order valence-electron chi connectivity index (χ1n) is 9.87. The van der Waals surface area contributed by atoms with Gasteiger partial charge in [0.15, 0.2) is 5.78 Å². The van der Waals surface area contributed by atoms with Gasteiger partial charge in [0, 0.05) is 16.1 Å². The molecule has 0 atom stereocenters. The van der Waals surface area contributed by atoms with Gasteiger partial charge in [-0.05, 0) is 72.9 Å². The maximum Gasteiger partial charge on any atom is 0.185 e. The summed E-state index contributed by atoms with van der Waals surface area (Å²) in [5.74, 6) is 2.04. The highest BCUT2D eigenvalue weighted by atomic mass is 35.5. The average Bonchev–Trinajstić information content (AvgIpc) is 3.22. The fourth-order valence-electron chi connectivity index (χ4n) is 3.82. The largest absolute Gasteiger partial charge is 0.457 e. The second-order valence-electron chi connectivity index (χ2n) is 7.36. The van der Waals surface area contributed by atoms with Gasteiger partial charge in [-0.25, -0.2) is 0 Å². The first-order valence-corrected chi connectivity index (χ1v) is 10.2. The van der Waals surface area contributed by atoms with Crippen LogP contribution in [0.25, 0.3) is 17.4 Å². The van der Waals surface area contributed by atoms with E-state index < -0.39 is 0 Å². The van der Waals surface area contributed by atoms with E-state index in [1.54, 1.807) is 12.2 Å². The molecule has 2 nitrogen and oxygen atoms in total. The number of halogens is 1. The number of ketones is 1. The zero-order chi connectivity index (χ0) is 19.3. The smallest absolute Gasteiger partial charge is 0.185 e. The normalized spacial score (nSPS) is 15.2. The van der Waals surface area contributed by atoms with Crippen molar-refractivity contribution in [2.45, 2.75) is 38.0 Å². The molecule has 0 saturated heterocycles. The van der Waals surface area contributed by atoms with Gasteiger partial charge < -0.3 is 4.42 Å². The summed E-state index contributed by atoms with van der Waals surface area (Å²) in [7, 11) is 0. The quantitative estimate of drug-likeness (QED) is 0.332. The van der Waals surface area contributed by atoms with Crippen molar-refractivity contribution in [3.8, 4) is 11.3 Å². The summed E-state index contributed by atoms with van der Waals surface area (Å²) in [5.41, 5.74) is 3.02. The van der Waals surface area contributed by atoms with Crippen LogP contribution in [0.15, 0.2) is 71.2 Å². The van der Waals surface area contributed by atoms with Crippen LogP contribution in [-0.4, -0.2) is 5.78 Å². The molecular weight excluding hydrogens is 368 g/mol. The second-order valence-corrected chi connectivity index (χ2v) is 7.80. The van der Waals surface area contributed by atoms with E-state index in [2.05, 4.69) is 12.1 Å². The van der Waals surface area contributed by atoms with Crippen molar-refractivity contribution in [3.05, 3.63) is 88.6 Å². The molecule has 0 unspecified atom stereocenters. The maximum atomic E-state index is 12.5. The third-order valence-electron chi connectivity index (χ3n) is 5.43. The van der Waals surface area contributed by atoms with Crippen LogP contribution in [0, 0.1) is 0 Å². The Morgan fingerprint density at radius 1 is 0.893 bits per heavy atom. The molecule has 0 amide bonds. The van der Waals surface area contributed by atoms with Crippen LogP contribution in [0.5, 0.6) is 0 Å². The summed E-state index contributed by atoms with van der Waals surface area (Å²) < 4.78 is 5.81. The Balaban J connectivity index is 1.42. The molecule has 1 aliphatic rings. The Bertz CT molecular complexity index is 959. The van der Waals surface area contributed by atoms with Crippen molar-refractivity contribution in [2.24, 2.45) is 0 Å². The monoisotopic (exact) mass is 390 g/mol. The van der Waals surface area contributed by atoms with Crippen LogP contribution in [0.4, 0.5) is 0 Å². The summed E-state index contributed by atoms with van der Waals surface area (Å²) in [6, 6.07) is 19.3. The van der Waals surface area contributed by atoms with Crippen LogP contribution < -0.4 is 0 Å². The molecule has 3 aromatic rings. The molecule has 1 saturated carbocycles. The van der Waals surface area contributed by atoms with E-state index in [9.17, 15) is 4.79 Å². The third kappa shape index (κ3) is 4.45. The predicted molar refractivity (Wildman–Crippen MR) is 115 cm³/mol. The molecular formula is C25H23ClO2. The van der Waals surface area contributed by atoms with E-state index in [0.717, 1.165) is 11.3 Å². The molecule has 0 spiro atoms. The predicted octanol–water partition coefficient (Wildman–Crippen LogP) is 7.54. The van der Waals surface area contributed by atoms with Crippen LogP contribution in [-0.2, 0) is 0 Å². The minimum atomic E-state index is -0.0142. The van der Waals surface area contributed by atoms with E-state index in [0.29, 0.717) is 22.3 Å². The number of carbonyl (C=O) groups excluding carboxylic acids is 1. The first-order chi connectivity index (χ1) is 13.7. The lowest BCUT2D eigenvalue weighted by Gasteiger charge is -2.21. The molecule has 1 heterocycles. The molecule has 0 aliphatic heterocycles. The zero-order valence-electron chi connectivity index (χ0n) is 15.7. The molecule has 28 heavy (non-hydrogen) atoms. The van der Waals surface area contributed by atoms with Crippen molar-refractivity contribution >= 4 is 23.5 Å². The van der Waals surface area contributed by atoms with Gasteiger partial charge >= 0.3 is 0 Å². The van der Waals surface area contributed by atoms with Crippen LogP contribution >= 0.6 is 11.6 Å². The third-order valence-corrected chi connectivity index (χ3v) is 5.68. The molecule has 2 aromatic carbocycles. The van der Waals surface area contributed by atoms with Gasteiger partial charge in [0.25, 0.3) is 0 Å². The zero-order valence-corrected chi connectivity index (χ0v) is 16.5. The standard InChI is InChI=1S/C25H23ClO2/c26-22-12-10-21(11-13-22)25-17-15-23(28-25)14-16-24(27)20-8-6-19(7-9-20)18-4-2-1-3-5-18/h6-18H,1-5H2. The summed E-state index contributed by atoms with van der Waals surface area (Å²) in [6.45, 7) is 0. The number of hydrogen-bond donors (Lipinski definition) is 0. The number of allylic oxidation sites excluding steroid dienone is 1. The highest BCUT2D eigenvalue weighted by Gasteiger charge is 2.15. The number of carbonyl (C=O) groups is 1. The fraction of sp³-hybridized carbons (Fsp3) is 0.240. The highest BCUT2D eigenvalue weighted by molar-refractivity contribution is 6.30. The summed E-state index contributed by atoms with van der Waals surface area (Å²) in [6.07, 6.45) is 9.80. The van der Waals surface area contributed by atoms with Gasteiger partial charge in [-0.2, -0.15) is 0 Å². The Labute approximate surface area is 170 Å². The van der Waals surface area contributed by atoms with Crippen molar-refractivity contribution < 1.29 is 9.21 Å². The van der Waals surface area contributed by atoms with Gasteiger partial charge in [-0.15, -0.1) is 0 Å². The topological polar surface area (TPSA) is 30.2 Å². The van der Waals surface area contributed by atoms with Gasteiger partial charge in [0.1, 0.15) is 11.5 Å². The van der Waals surface area contributed by atoms with E-state index >= 15 is 0 Å². The summed E-state index contributed by atoms with van der Waals surface area (Å²) >= 11 is 5.92. The van der Waals surface area contributed by atoms with E-state index in [1.165, 1.54) is 37.7 Å². The number of benzene rings is 2. The molecule has 4 rings (SSSR count). The van der Waals surface area contributed by atoms with E-state index in [1.807, 2.05) is 48.5 Å². The molecule has 0 radical (unpaired) electrons. The lowest BCUT2D eigenvalue weighted by atomic mass is 9.84. The minimum Gasteiger partial charge on any atom is -0.457 e. The second kappa shape index (κ2) is 8.62. The maximum absolute atomic E-state index is 12.5. The summed E-state index contributed by atoms with van der Waals surface area (Å²) in [4.78, 5) is 12.5. The van der Waals surface area contributed by atoms with Crippen molar-refractivity contribution in [2.75, 3.05) is 0 Å². The molecule has 1 aliphatic carbocycles. The molecule has 1 aromatic heterocycles. The average molecular weight is 391 g/mol. The SMILES string of the molecule is O=C(C=Cc1ccc(-c2ccc(Cl)cc2)o1)c1ccc(C2CCCCC2)cc1.